The van der Waals surface area contributed by atoms with Gasteiger partial charge >= 0.3 is 0 Å². The fourth-order valence-electron chi connectivity index (χ4n) is 2.89. The number of rotatable bonds is 6. The topological polar surface area (TPSA) is 32.3 Å². The minimum Gasteiger partial charge on any atom is -0.352 e. The summed E-state index contributed by atoms with van der Waals surface area (Å²) in [6.07, 6.45) is 4.92. The van der Waals surface area contributed by atoms with Gasteiger partial charge in [0.15, 0.2) is 0 Å². The quantitative estimate of drug-likeness (QED) is 0.815. The number of hydrogen-bond donors (Lipinski definition) is 1. The fraction of sp³-hybridized carbons (Fsp3) is 0.632. The molecule has 2 rings (SSSR count). The predicted molar refractivity (Wildman–Crippen MR) is 92.4 cm³/mol. The SMILES string of the molecule is CC(C)(C)c1ccc(C(=O)NCCCCN2CCCC2)cc1. The molecule has 1 aromatic rings. The zero-order chi connectivity index (χ0) is 16.0. The summed E-state index contributed by atoms with van der Waals surface area (Å²) in [5.74, 6) is 0.0432. The zero-order valence-electron chi connectivity index (χ0n) is 14.3. The Balaban J connectivity index is 1.68. The van der Waals surface area contributed by atoms with Crippen molar-refractivity contribution < 1.29 is 4.79 Å². The van der Waals surface area contributed by atoms with Crippen LogP contribution in [0.15, 0.2) is 24.3 Å². The van der Waals surface area contributed by atoms with Crippen LogP contribution in [0.5, 0.6) is 0 Å². The summed E-state index contributed by atoms with van der Waals surface area (Å²) in [7, 11) is 0. The first kappa shape index (κ1) is 17.0. The molecule has 0 unspecified atom stereocenters. The number of carbonyl (C=O) groups is 1. The summed E-state index contributed by atoms with van der Waals surface area (Å²) in [6, 6.07) is 7.98. The number of nitrogens with zero attached hydrogens (tertiary/aromatic N) is 1. The minimum absolute atomic E-state index is 0.0432. The highest BCUT2D eigenvalue weighted by Gasteiger charge is 2.14. The molecule has 1 heterocycles. The Bertz CT molecular complexity index is 467. The second kappa shape index (κ2) is 7.77. The van der Waals surface area contributed by atoms with E-state index in [4.69, 9.17) is 0 Å². The van der Waals surface area contributed by atoms with Crippen LogP contribution < -0.4 is 5.32 Å². The van der Waals surface area contributed by atoms with Gasteiger partial charge in [-0.1, -0.05) is 32.9 Å². The van der Waals surface area contributed by atoms with E-state index in [1.807, 2.05) is 12.1 Å². The van der Waals surface area contributed by atoms with Crippen molar-refractivity contribution >= 4 is 5.91 Å². The summed E-state index contributed by atoms with van der Waals surface area (Å²) in [5.41, 5.74) is 2.15. The number of benzene rings is 1. The van der Waals surface area contributed by atoms with Crippen LogP contribution in [-0.2, 0) is 5.41 Å². The first-order chi connectivity index (χ1) is 10.5. The van der Waals surface area contributed by atoms with E-state index in [1.54, 1.807) is 0 Å². The van der Waals surface area contributed by atoms with Crippen LogP contribution in [0.25, 0.3) is 0 Å². The number of unbranched alkanes of at least 4 members (excludes halogenated alkanes) is 1. The molecule has 1 amide bonds. The summed E-state index contributed by atoms with van der Waals surface area (Å²) in [6.45, 7) is 11.0. The van der Waals surface area contributed by atoms with Gasteiger partial charge in [-0.15, -0.1) is 0 Å². The molecular formula is C19H30N2O. The summed E-state index contributed by atoms with van der Waals surface area (Å²) >= 11 is 0. The third-order valence-electron chi connectivity index (χ3n) is 4.40. The van der Waals surface area contributed by atoms with E-state index in [0.29, 0.717) is 0 Å². The zero-order valence-corrected chi connectivity index (χ0v) is 14.3. The normalized spacial score (nSPS) is 16.0. The summed E-state index contributed by atoms with van der Waals surface area (Å²) in [5, 5.41) is 3.03. The standard InChI is InChI=1S/C19H30N2O/c1-19(2,3)17-10-8-16(9-11-17)18(22)20-12-4-5-13-21-14-6-7-15-21/h8-11H,4-7,12-15H2,1-3H3,(H,20,22). The third-order valence-corrected chi connectivity index (χ3v) is 4.40. The first-order valence-corrected chi connectivity index (χ1v) is 8.58. The molecule has 122 valence electrons. The van der Waals surface area contributed by atoms with Gasteiger partial charge in [-0.25, -0.2) is 0 Å². The Labute approximate surface area is 135 Å². The minimum atomic E-state index is 0.0432. The largest absolute Gasteiger partial charge is 0.352 e. The van der Waals surface area contributed by atoms with Crippen molar-refractivity contribution in [3.63, 3.8) is 0 Å². The van der Waals surface area contributed by atoms with Gasteiger partial charge in [0.1, 0.15) is 0 Å². The molecule has 1 aromatic carbocycles. The van der Waals surface area contributed by atoms with E-state index >= 15 is 0 Å². The van der Waals surface area contributed by atoms with Crippen molar-refractivity contribution in [3.8, 4) is 0 Å². The van der Waals surface area contributed by atoms with E-state index < -0.39 is 0 Å². The molecule has 1 fully saturated rings. The van der Waals surface area contributed by atoms with E-state index in [1.165, 1.54) is 44.5 Å². The Morgan fingerprint density at radius 3 is 2.32 bits per heavy atom. The van der Waals surface area contributed by atoms with Crippen LogP contribution in [0, 0.1) is 0 Å². The highest BCUT2D eigenvalue weighted by molar-refractivity contribution is 5.94. The average molecular weight is 302 g/mol. The number of hydrogen-bond acceptors (Lipinski definition) is 2. The third kappa shape index (κ3) is 5.13. The monoisotopic (exact) mass is 302 g/mol. The molecule has 0 aromatic heterocycles. The molecule has 0 atom stereocenters. The van der Waals surface area contributed by atoms with Crippen LogP contribution >= 0.6 is 0 Å². The van der Waals surface area contributed by atoms with Gasteiger partial charge in [0, 0.05) is 12.1 Å². The number of nitrogens with one attached hydrogen (secondary N) is 1. The van der Waals surface area contributed by atoms with Gasteiger partial charge in [-0.3, -0.25) is 4.79 Å². The van der Waals surface area contributed by atoms with Crippen LogP contribution in [-0.4, -0.2) is 37.0 Å². The fourth-order valence-corrected chi connectivity index (χ4v) is 2.89. The lowest BCUT2D eigenvalue weighted by atomic mass is 9.87. The van der Waals surface area contributed by atoms with Gasteiger partial charge in [0.25, 0.3) is 5.91 Å². The van der Waals surface area contributed by atoms with E-state index in [2.05, 4.69) is 43.1 Å². The maximum Gasteiger partial charge on any atom is 0.251 e. The van der Waals surface area contributed by atoms with Crippen LogP contribution in [0.4, 0.5) is 0 Å². The van der Waals surface area contributed by atoms with Gasteiger partial charge in [0.2, 0.25) is 0 Å². The molecule has 1 aliphatic rings. The molecule has 22 heavy (non-hydrogen) atoms. The molecule has 1 saturated heterocycles. The van der Waals surface area contributed by atoms with Crippen molar-refractivity contribution in [2.24, 2.45) is 0 Å². The summed E-state index contributed by atoms with van der Waals surface area (Å²) < 4.78 is 0. The number of amides is 1. The van der Waals surface area contributed by atoms with Crippen LogP contribution in [0.3, 0.4) is 0 Å². The number of carbonyl (C=O) groups excluding carboxylic acids is 1. The van der Waals surface area contributed by atoms with Gasteiger partial charge < -0.3 is 10.2 Å². The molecule has 1 N–H and O–H groups in total. The Morgan fingerprint density at radius 2 is 1.73 bits per heavy atom. The van der Waals surface area contributed by atoms with Gasteiger partial charge in [0.05, 0.1) is 0 Å². The Morgan fingerprint density at radius 1 is 1.09 bits per heavy atom. The molecule has 0 spiro atoms. The second-order valence-corrected chi connectivity index (χ2v) is 7.34. The van der Waals surface area contributed by atoms with Crippen molar-refractivity contribution in [2.45, 2.75) is 51.9 Å². The Hall–Kier alpha value is -1.35. The van der Waals surface area contributed by atoms with Crippen molar-refractivity contribution in [1.29, 1.82) is 0 Å². The maximum absolute atomic E-state index is 12.1. The molecular weight excluding hydrogens is 272 g/mol. The smallest absolute Gasteiger partial charge is 0.251 e. The molecule has 0 saturated carbocycles. The molecule has 3 heteroatoms. The molecule has 3 nitrogen and oxygen atoms in total. The predicted octanol–water partition coefficient (Wildman–Crippen LogP) is 3.59. The van der Waals surface area contributed by atoms with Crippen LogP contribution in [0.1, 0.15) is 62.4 Å². The molecule has 1 aliphatic heterocycles. The Kier molecular flexibility index (Phi) is 6.01. The lowest BCUT2D eigenvalue weighted by molar-refractivity contribution is 0.0952. The van der Waals surface area contributed by atoms with Crippen molar-refractivity contribution in [1.82, 2.24) is 10.2 Å². The van der Waals surface area contributed by atoms with Gasteiger partial charge in [-0.05, 0) is 68.4 Å². The summed E-state index contributed by atoms with van der Waals surface area (Å²) in [4.78, 5) is 14.6. The molecule has 0 radical (unpaired) electrons. The van der Waals surface area contributed by atoms with Crippen LogP contribution in [0.2, 0.25) is 0 Å². The first-order valence-electron chi connectivity index (χ1n) is 8.58. The van der Waals surface area contributed by atoms with Crippen molar-refractivity contribution in [2.75, 3.05) is 26.2 Å². The molecule has 0 aliphatic carbocycles. The maximum atomic E-state index is 12.1. The lowest BCUT2D eigenvalue weighted by Gasteiger charge is -2.19. The van der Waals surface area contributed by atoms with E-state index in [-0.39, 0.29) is 11.3 Å². The van der Waals surface area contributed by atoms with E-state index in [9.17, 15) is 4.79 Å². The van der Waals surface area contributed by atoms with E-state index in [0.717, 1.165) is 18.5 Å². The average Bonchev–Trinajstić information content (AvgIpc) is 2.99. The second-order valence-electron chi connectivity index (χ2n) is 7.34. The molecule has 0 bridgehead atoms. The highest BCUT2D eigenvalue weighted by atomic mass is 16.1. The lowest BCUT2D eigenvalue weighted by Crippen LogP contribution is -2.26. The van der Waals surface area contributed by atoms with Crippen molar-refractivity contribution in [3.05, 3.63) is 35.4 Å². The van der Waals surface area contributed by atoms with Gasteiger partial charge in [-0.2, -0.15) is 0 Å². The number of likely N-dealkylation sites (tertiary alicyclic amines) is 1. The highest BCUT2D eigenvalue weighted by Crippen LogP contribution is 2.22.